The second-order valence-corrected chi connectivity index (χ2v) is 7.62. The Morgan fingerprint density at radius 3 is 2.68 bits per heavy atom. The summed E-state index contributed by atoms with van der Waals surface area (Å²) in [5.74, 6) is 0.726. The minimum Gasteiger partial charge on any atom is -0.309 e. The summed E-state index contributed by atoms with van der Waals surface area (Å²) in [5.41, 5.74) is 0. The summed E-state index contributed by atoms with van der Waals surface area (Å²) in [7, 11) is 0. The largest absolute Gasteiger partial charge is 0.309 e. The highest BCUT2D eigenvalue weighted by atomic mass is 79.9. The third-order valence-corrected chi connectivity index (χ3v) is 5.68. The Kier molecular flexibility index (Phi) is 6.33. The lowest BCUT2D eigenvalue weighted by Crippen LogP contribution is -2.37. The average Bonchev–Trinajstić information content (AvgIpc) is 2.84. The van der Waals surface area contributed by atoms with Crippen molar-refractivity contribution in [3.8, 4) is 0 Å². The third kappa shape index (κ3) is 5.18. The minimum atomic E-state index is 0.458. The molecule has 1 N–H and O–H groups in total. The van der Waals surface area contributed by atoms with Gasteiger partial charge in [0.25, 0.3) is 0 Å². The standard InChI is InChI=1S/C15H25BrN2S/c1-12(10-18-6-4-3-5-7-18)9-17-13(2)15-8-14(16)11-19-15/h8,11-13,17H,3-7,9-10H2,1-2H3. The molecular weight excluding hydrogens is 320 g/mol. The molecule has 19 heavy (non-hydrogen) atoms. The molecule has 1 aromatic heterocycles. The van der Waals surface area contributed by atoms with Gasteiger partial charge < -0.3 is 10.2 Å². The van der Waals surface area contributed by atoms with Gasteiger partial charge in [-0.05, 0) is 67.3 Å². The first kappa shape index (κ1) is 15.5. The first-order chi connectivity index (χ1) is 9.15. The summed E-state index contributed by atoms with van der Waals surface area (Å²) in [6.07, 6.45) is 4.20. The minimum absolute atomic E-state index is 0.458. The van der Waals surface area contributed by atoms with Crippen LogP contribution in [0.4, 0.5) is 0 Å². The van der Waals surface area contributed by atoms with E-state index in [4.69, 9.17) is 0 Å². The maximum absolute atomic E-state index is 3.66. The summed E-state index contributed by atoms with van der Waals surface area (Å²) >= 11 is 5.35. The molecule has 1 saturated heterocycles. The van der Waals surface area contributed by atoms with Crippen LogP contribution in [0.5, 0.6) is 0 Å². The second-order valence-electron chi connectivity index (χ2n) is 5.76. The number of hydrogen-bond donors (Lipinski definition) is 1. The van der Waals surface area contributed by atoms with Crippen LogP contribution in [0.1, 0.15) is 44.0 Å². The van der Waals surface area contributed by atoms with Crippen LogP contribution in [0.15, 0.2) is 15.9 Å². The van der Waals surface area contributed by atoms with Crippen molar-refractivity contribution in [3.05, 3.63) is 20.8 Å². The molecule has 2 atom stereocenters. The van der Waals surface area contributed by atoms with Crippen LogP contribution in [0.3, 0.4) is 0 Å². The lowest BCUT2D eigenvalue weighted by atomic mass is 10.1. The van der Waals surface area contributed by atoms with Crippen molar-refractivity contribution < 1.29 is 0 Å². The fourth-order valence-electron chi connectivity index (χ4n) is 2.68. The molecule has 1 aliphatic rings. The van der Waals surface area contributed by atoms with Gasteiger partial charge in [0.1, 0.15) is 0 Å². The van der Waals surface area contributed by atoms with Gasteiger partial charge in [-0.2, -0.15) is 0 Å². The lowest BCUT2D eigenvalue weighted by Gasteiger charge is -2.29. The molecular formula is C15H25BrN2S. The molecule has 1 aliphatic heterocycles. The van der Waals surface area contributed by atoms with Gasteiger partial charge in [0.2, 0.25) is 0 Å². The zero-order valence-corrected chi connectivity index (χ0v) is 14.4. The number of nitrogens with one attached hydrogen (secondary N) is 1. The summed E-state index contributed by atoms with van der Waals surface area (Å²) in [6.45, 7) is 9.57. The highest BCUT2D eigenvalue weighted by Gasteiger charge is 2.14. The van der Waals surface area contributed by atoms with Crippen molar-refractivity contribution >= 4 is 27.3 Å². The van der Waals surface area contributed by atoms with E-state index in [0.29, 0.717) is 6.04 Å². The van der Waals surface area contributed by atoms with Gasteiger partial charge in [-0.25, -0.2) is 0 Å². The van der Waals surface area contributed by atoms with E-state index in [1.807, 2.05) is 11.3 Å². The highest BCUT2D eigenvalue weighted by Crippen LogP contribution is 2.25. The number of nitrogens with zero attached hydrogens (tertiary/aromatic N) is 1. The molecule has 0 bridgehead atoms. The zero-order chi connectivity index (χ0) is 13.7. The Bertz CT molecular complexity index is 374. The quantitative estimate of drug-likeness (QED) is 0.828. The van der Waals surface area contributed by atoms with Gasteiger partial charge in [-0.15, -0.1) is 11.3 Å². The Morgan fingerprint density at radius 2 is 2.05 bits per heavy atom. The van der Waals surface area contributed by atoms with E-state index in [2.05, 4.69) is 51.4 Å². The number of thiophene rings is 1. The van der Waals surface area contributed by atoms with E-state index in [9.17, 15) is 0 Å². The monoisotopic (exact) mass is 344 g/mol. The molecule has 0 aliphatic carbocycles. The van der Waals surface area contributed by atoms with Crippen molar-refractivity contribution in [2.45, 2.75) is 39.2 Å². The topological polar surface area (TPSA) is 15.3 Å². The van der Waals surface area contributed by atoms with Crippen molar-refractivity contribution in [1.82, 2.24) is 10.2 Å². The molecule has 1 aromatic rings. The van der Waals surface area contributed by atoms with E-state index in [0.717, 1.165) is 12.5 Å². The van der Waals surface area contributed by atoms with Crippen LogP contribution < -0.4 is 5.32 Å². The molecule has 0 saturated carbocycles. The maximum atomic E-state index is 3.66. The van der Waals surface area contributed by atoms with E-state index in [-0.39, 0.29) is 0 Å². The Morgan fingerprint density at radius 1 is 1.32 bits per heavy atom. The molecule has 1 fully saturated rings. The molecule has 0 spiro atoms. The lowest BCUT2D eigenvalue weighted by molar-refractivity contribution is 0.198. The maximum Gasteiger partial charge on any atom is 0.0386 e. The van der Waals surface area contributed by atoms with Crippen LogP contribution >= 0.6 is 27.3 Å². The van der Waals surface area contributed by atoms with Crippen LogP contribution in [-0.4, -0.2) is 31.1 Å². The molecule has 2 heterocycles. The fourth-order valence-corrected chi connectivity index (χ4v) is 4.16. The predicted octanol–water partition coefficient (Wildman–Crippen LogP) is 4.28. The normalized spacial score (nSPS) is 20.4. The Balaban J connectivity index is 1.69. The van der Waals surface area contributed by atoms with Crippen molar-refractivity contribution in [2.24, 2.45) is 5.92 Å². The summed E-state index contributed by atoms with van der Waals surface area (Å²) in [6, 6.07) is 2.68. The summed E-state index contributed by atoms with van der Waals surface area (Å²) in [4.78, 5) is 4.04. The molecule has 4 heteroatoms. The van der Waals surface area contributed by atoms with E-state index in [1.54, 1.807) is 0 Å². The summed E-state index contributed by atoms with van der Waals surface area (Å²) in [5, 5.41) is 5.82. The van der Waals surface area contributed by atoms with Gasteiger partial charge in [0.15, 0.2) is 0 Å². The molecule has 0 amide bonds. The van der Waals surface area contributed by atoms with Gasteiger partial charge in [0.05, 0.1) is 0 Å². The summed E-state index contributed by atoms with van der Waals surface area (Å²) < 4.78 is 1.20. The molecule has 108 valence electrons. The fraction of sp³-hybridized carbons (Fsp3) is 0.733. The van der Waals surface area contributed by atoms with Crippen LogP contribution in [0, 0.1) is 5.92 Å². The van der Waals surface area contributed by atoms with Gasteiger partial charge in [-0.1, -0.05) is 13.3 Å². The smallest absolute Gasteiger partial charge is 0.0386 e. The van der Waals surface area contributed by atoms with Gasteiger partial charge in [0, 0.05) is 27.3 Å². The average molecular weight is 345 g/mol. The van der Waals surface area contributed by atoms with E-state index < -0.39 is 0 Å². The number of piperidine rings is 1. The van der Waals surface area contributed by atoms with E-state index >= 15 is 0 Å². The molecule has 0 aromatic carbocycles. The Hall–Kier alpha value is 0.1000. The Labute approximate surface area is 129 Å². The van der Waals surface area contributed by atoms with Crippen LogP contribution in [-0.2, 0) is 0 Å². The third-order valence-electron chi connectivity index (χ3n) is 3.81. The van der Waals surface area contributed by atoms with Crippen molar-refractivity contribution in [3.63, 3.8) is 0 Å². The number of hydrogen-bond acceptors (Lipinski definition) is 3. The van der Waals surface area contributed by atoms with Gasteiger partial charge in [-0.3, -0.25) is 0 Å². The zero-order valence-electron chi connectivity index (χ0n) is 12.0. The molecule has 2 unspecified atom stereocenters. The SMILES string of the molecule is CC(CNC(C)c1cc(Br)cs1)CN1CCCCC1. The first-order valence-electron chi connectivity index (χ1n) is 7.35. The van der Waals surface area contributed by atoms with E-state index in [1.165, 1.54) is 48.2 Å². The number of rotatable bonds is 6. The highest BCUT2D eigenvalue weighted by molar-refractivity contribution is 9.10. The number of likely N-dealkylation sites (tertiary alicyclic amines) is 1. The predicted molar refractivity (Wildman–Crippen MR) is 87.9 cm³/mol. The van der Waals surface area contributed by atoms with Crippen LogP contribution in [0.25, 0.3) is 0 Å². The number of halogens is 1. The molecule has 0 radical (unpaired) electrons. The van der Waals surface area contributed by atoms with Crippen molar-refractivity contribution in [1.29, 1.82) is 0 Å². The van der Waals surface area contributed by atoms with Gasteiger partial charge >= 0.3 is 0 Å². The first-order valence-corrected chi connectivity index (χ1v) is 9.02. The van der Waals surface area contributed by atoms with Crippen LogP contribution in [0.2, 0.25) is 0 Å². The molecule has 2 rings (SSSR count). The molecule has 2 nitrogen and oxygen atoms in total. The second kappa shape index (κ2) is 7.77. The van der Waals surface area contributed by atoms with Crippen molar-refractivity contribution in [2.75, 3.05) is 26.2 Å².